The van der Waals surface area contributed by atoms with Gasteiger partial charge in [0.2, 0.25) is 5.91 Å². The zero-order valence-corrected chi connectivity index (χ0v) is 18.4. The summed E-state index contributed by atoms with van der Waals surface area (Å²) in [5.41, 5.74) is 1.58. The molecule has 0 aliphatic carbocycles. The maximum Gasteiger partial charge on any atom is 0.319 e. The molecule has 4 atom stereocenters. The maximum absolute atomic E-state index is 12.5. The van der Waals surface area contributed by atoms with E-state index in [2.05, 4.69) is 16.0 Å². The van der Waals surface area contributed by atoms with Gasteiger partial charge in [-0.15, -0.1) is 0 Å². The van der Waals surface area contributed by atoms with Gasteiger partial charge < -0.3 is 30.5 Å². The van der Waals surface area contributed by atoms with Crippen molar-refractivity contribution in [2.45, 2.75) is 50.5 Å². The van der Waals surface area contributed by atoms with Crippen LogP contribution in [0.2, 0.25) is 0 Å². The Labute approximate surface area is 188 Å². The number of urea groups is 1. The molecule has 4 N–H and O–H groups in total. The topological polar surface area (TPSA) is 109 Å². The van der Waals surface area contributed by atoms with Crippen molar-refractivity contribution in [2.75, 3.05) is 19.0 Å². The molecular formula is C24H31N3O5. The lowest BCUT2D eigenvalue weighted by molar-refractivity contribution is -0.131. The van der Waals surface area contributed by atoms with Crippen molar-refractivity contribution in [3.05, 3.63) is 60.2 Å². The highest BCUT2D eigenvalue weighted by molar-refractivity contribution is 5.91. The molecule has 3 rings (SSSR count). The van der Waals surface area contributed by atoms with Crippen LogP contribution in [0.15, 0.2) is 54.6 Å². The van der Waals surface area contributed by atoms with Crippen molar-refractivity contribution >= 4 is 17.6 Å². The number of aliphatic hydroxyl groups is 1. The van der Waals surface area contributed by atoms with Crippen LogP contribution in [0, 0.1) is 0 Å². The lowest BCUT2D eigenvalue weighted by atomic mass is 9.97. The van der Waals surface area contributed by atoms with Crippen LogP contribution in [0.5, 0.6) is 5.75 Å². The number of para-hydroxylation sites is 2. The van der Waals surface area contributed by atoms with Gasteiger partial charge in [0.15, 0.2) is 0 Å². The minimum Gasteiger partial charge on any atom is -0.495 e. The number of aliphatic hydroxyl groups excluding tert-OH is 1. The van der Waals surface area contributed by atoms with Crippen LogP contribution in [0.3, 0.4) is 0 Å². The summed E-state index contributed by atoms with van der Waals surface area (Å²) in [7, 11) is 1.53. The third-order valence-electron chi connectivity index (χ3n) is 5.56. The third-order valence-corrected chi connectivity index (χ3v) is 5.56. The first kappa shape index (κ1) is 23.6. The summed E-state index contributed by atoms with van der Waals surface area (Å²) >= 11 is 0. The molecule has 1 fully saturated rings. The molecule has 0 saturated carbocycles. The normalized spacial score (nSPS) is 21.3. The second kappa shape index (κ2) is 11.5. The monoisotopic (exact) mass is 441 g/mol. The molecule has 0 bridgehead atoms. The zero-order chi connectivity index (χ0) is 22.9. The van der Waals surface area contributed by atoms with Crippen LogP contribution in [0.1, 0.15) is 37.8 Å². The van der Waals surface area contributed by atoms with E-state index >= 15 is 0 Å². The summed E-state index contributed by atoms with van der Waals surface area (Å²) < 4.78 is 11.2. The SMILES string of the molecule is COc1ccccc1NC(=O)N[C@H]1CC[C@H](CC(=O)N[C@H](C)c2ccccc2)O[C@H]1CO. The van der Waals surface area contributed by atoms with Gasteiger partial charge in [-0.25, -0.2) is 4.79 Å². The van der Waals surface area contributed by atoms with Crippen LogP contribution < -0.4 is 20.7 Å². The van der Waals surface area contributed by atoms with Crippen molar-refractivity contribution in [2.24, 2.45) is 0 Å². The van der Waals surface area contributed by atoms with Crippen molar-refractivity contribution in [1.29, 1.82) is 0 Å². The smallest absolute Gasteiger partial charge is 0.319 e. The van der Waals surface area contributed by atoms with Crippen molar-refractivity contribution < 1.29 is 24.2 Å². The summed E-state index contributed by atoms with van der Waals surface area (Å²) in [6.07, 6.45) is 0.496. The molecule has 2 aromatic rings. The van der Waals surface area contributed by atoms with Crippen LogP contribution in [-0.4, -0.2) is 49.0 Å². The van der Waals surface area contributed by atoms with E-state index in [1.165, 1.54) is 7.11 Å². The molecule has 3 amide bonds. The first-order valence-electron chi connectivity index (χ1n) is 10.8. The lowest BCUT2D eigenvalue weighted by Gasteiger charge is -2.36. The molecule has 1 aliphatic heterocycles. The number of amides is 3. The molecule has 172 valence electrons. The predicted molar refractivity (Wildman–Crippen MR) is 122 cm³/mol. The second-order valence-electron chi connectivity index (χ2n) is 7.87. The number of carbonyl (C=O) groups is 2. The first-order valence-corrected chi connectivity index (χ1v) is 10.8. The molecule has 8 heteroatoms. The van der Waals surface area contributed by atoms with E-state index in [-0.39, 0.29) is 37.1 Å². The van der Waals surface area contributed by atoms with Crippen LogP contribution in [0.25, 0.3) is 0 Å². The van der Waals surface area contributed by atoms with Gasteiger partial charge in [-0.05, 0) is 37.5 Å². The number of ether oxygens (including phenoxy) is 2. The van der Waals surface area contributed by atoms with Crippen molar-refractivity contribution in [3.8, 4) is 5.75 Å². The van der Waals surface area contributed by atoms with E-state index in [1.54, 1.807) is 18.2 Å². The summed E-state index contributed by atoms with van der Waals surface area (Å²) in [5.74, 6) is 0.445. The third kappa shape index (κ3) is 6.45. The Hall–Kier alpha value is -3.10. The van der Waals surface area contributed by atoms with Crippen molar-refractivity contribution in [3.63, 3.8) is 0 Å². The number of nitrogens with one attached hydrogen (secondary N) is 3. The number of hydrogen-bond acceptors (Lipinski definition) is 5. The van der Waals surface area contributed by atoms with E-state index in [0.29, 0.717) is 24.3 Å². The fourth-order valence-electron chi connectivity index (χ4n) is 3.85. The number of methoxy groups -OCH3 is 1. The zero-order valence-electron chi connectivity index (χ0n) is 18.4. The van der Waals surface area contributed by atoms with E-state index in [4.69, 9.17) is 9.47 Å². The highest BCUT2D eigenvalue weighted by Crippen LogP contribution is 2.25. The maximum atomic E-state index is 12.5. The fourth-order valence-corrected chi connectivity index (χ4v) is 3.85. The van der Waals surface area contributed by atoms with Gasteiger partial charge in [0, 0.05) is 0 Å². The number of hydrogen-bond donors (Lipinski definition) is 4. The average molecular weight is 442 g/mol. The average Bonchev–Trinajstić information content (AvgIpc) is 2.80. The molecule has 8 nitrogen and oxygen atoms in total. The lowest BCUT2D eigenvalue weighted by Crippen LogP contribution is -2.52. The fraction of sp³-hybridized carbons (Fsp3) is 0.417. The van der Waals surface area contributed by atoms with Crippen LogP contribution in [-0.2, 0) is 9.53 Å². The number of benzene rings is 2. The minimum absolute atomic E-state index is 0.103. The molecule has 32 heavy (non-hydrogen) atoms. The number of rotatable bonds is 8. The van der Waals surface area contributed by atoms with Crippen molar-refractivity contribution in [1.82, 2.24) is 10.6 Å². The molecule has 0 unspecified atom stereocenters. The second-order valence-corrected chi connectivity index (χ2v) is 7.87. The Morgan fingerprint density at radius 3 is 2.56 bits per heavy atom. The van der Waals surface area contributed by atoms with Gasteiger partial charge in [-0.2, -0.15) is 0 Å². The van der Waals surface area contributed by atoms with E-state index in [1.807, 2.05) is 43.3 Å². The van der Waals surface area contributed by atoms with Gasteiger partial charge in [-0.3, -0.25) is 4.79 Å². The molecule has 1 saturated heterocycles. The summed E-state index contributed by atoms with van der Waals surface area (Å²) in [6, 6.07) is 16.0. The van der Waals surface area contributed by atoms with Gasteiger partial charge in [-0.1, -0.05) is 42.5 Å². The standard InChI is InChI=1S/C24H31N3O5/c1-16(17-8-4-3-5-9-17)25-23(29)14-18-12-13-20(22(15-28)32-18)27-24(30)26-19-10-6-7-11-21(19)31-2/h3-11,16,18,20,22,28H,12-15H2,1-2H3,(H,25,29)(H2,26,27,30)/t16-,18-,20+,22+/m1/s1. The molecule has 0 spiro atoms. The Morgan fingerprint density at radius 2 is 1.84 bits per heavy atom. The van der Waals surface area contributed by atoms with E-state index in [0.717, 1.165) is 5.56 Å². The molecule has 1 heterocycles. The summed E-state index contributed by atoms with van der Waals surface area (Å²) in [5, 5.41) is 18.4. The Morgan fingerprint density at radius 1 is 1.12 bits per heavy atom. The molecule has 0 radical (unpaired) electrons. The molecule has 1 aliphatic rings. The molecule has 2 aromatic carbocycles. The molecule has 0 aromatic heterocycles. The van der Waals surface area contributed by atoms with Gasteiger partial charge in [0.25, 0.3) is 0 Å². The number of carbonyl (C=O) groups excluding carboxylic acids is 2. The van der Waals surface area contributed by atoms with Crippen LogP contribution >= 0.6 is 0 Å². The number of anilines is 1. The quantitative estimate of drug-likeness (QED) is 0.504. The largest absolute Gasteiger partial charge is 0.495 e. The molecular weight excluding hydrogens is 410 g/mol. The predicted octanol–water partition coefficient (Wildman–Crippen LogP) is 2.99. The van der Waals surface area contributed by atoms with Gasteiger partial charge in [0.1, 0.15) is 11.9 Å². The Balaban J connectivity index is 1.48. The van der Waals surface area contributed by atoms with Crippen LogP contribution in [0.4, 0.5) is 10.5 Å². The Kier molecular flexibility index (Phi) is 8.47. The Bertz CT molecular complexity index is 892. The van der Waals surface area contributed by atoms with Gasteiger partial charge in [0.05, 0.1) is 44.0 Å². The highest BCUT2D eigenvalue weighted by atomic mass is 16.5. The van der Waals surface area contributed by atoms with E-state index < -0.39 is 12.1 Å². The summed E-state index contributed by atoms with van der Waals surface area (Å²) in [4.78, 5) is 24.9. The summed E-state index contributed by atoms with van der Waals surface area (Å²) in [6.45, 7) is 1.68. The highest BCUT2D eigenvalue weighted by Gasteiger charge is 2.33. The first-order chi connectivity index (χ1) is 15.5. The van der Waals surface area contributed by atoms with E-state index in [9.17, 15) is 14.7 Å². The minimum atomic E-state index is -0.587. The van der Waals surface area contributed by atoms with Gasteiger partial charge >= 0.3 is 6.03 Å².